The van der Waals surface area contributed by atoms with Crippen molar-refractivity contribution in [1.82, 2.24) is 4.90 Å². The summed E-state index contributed by atoms with van der Waals surface area (Å²) in [5, 5.41) is 9.98. The zero-order chi connectivity index (χ0) is 10.1. The molecule has 0 aromatic carbocycles. The number of allylic oxidation sites excluding steroid dienone is 1. The molecule has 0 bridgehead atoms. The van der Waals surface area contributed by atoms with Gasteiger partial charge in [0.15, 0.2) is 0 Å². The maximum atomic E-state index is 9.98. The van der Waals surface area contributed by atoms with Crippen LogP contribution >= 0.6 is 0 Å². The van der Waals surface area contributed by atoms with Crippen LogP contribution in [-0.2, 0) is 0 Å². The van der Waals surface area contributed by atoms with Crippen molar-refractivity contribution in [2.24, 2.45) is 5.92 Å². The fourth-order valence-corrected chi connectivity index (χ4v) is 2.81. The molecule has 2 aliphatic heterocycles. The highest BCUT2D eigenvalue weighted by molar-refractivity contribution is 5.13. The summed E-state index contributed by atoms with van der Waals surface area (Å²) >= 11 is 0. The SMILES string of the molecule is CC(C)/C=C1/C[C@@H](O)[C@@H]2CCCN2C1. The zero-order valence-electron chi connectivity index (χ0n) is 9.24. The van der Waals surface area contributed by atoms with Crippen LogP contribution in [0.15, 0.2) is 11.6 Å². The van der Waals surface area contributed by atoms with Crippen molar-refractivity contribution in [2.45, 2.75) is 45.3 Å². The monoisotopic (exact) mass is 195 g/mol. The Kier molecular flexibility index (Phi) is 2.93. The van der Waals surface area contributed by atoms with Gasteiger partial charge in [0.1, 0.15) is 0 Å². The summed E-state index contributed by atoms with van der Waals surface area (Å²) in [6.07, 6.45) is 5.56. The minimum atomic E-state index is -0.115. The number of fused-ring (bicyclic) bond motifs is 1. The number of rotatable bonds is 1. The molecule has 14 heavy (non-hydrogen) atoms. The number of hydrogen-bond donors (Lipinski definition) is 1. The zero-order valence-corrected chi connectivity index (χ0v) is 9.24. The Morgan fingerprint density at radius 2 is 2.29 bits per heavy atom. The predicted molar refractivity (Wildman–Crippen MR) is 58.1 cm³/mol. The molecule has 1 N–H and O–H groups in total. The summed E-state index contributed by atoms with van der Waals surface area (Å²) in [7, 11) is 0. The molecule has 0 unspecified atom stereocenters. The molecule has 0 amide bonds. The van der Waals surface area contributed by atoms with Crippen molar-refractivity contribution in [3.05, 3.63) is 11.6 Å². The molecule has 2 saturated heterocycles. The summed E-state index contributed by atoms with van der Waals surface area (Å²) in [4.78, 5) is 2.45. The highest BCUT2D eigenvalue weighted by Gasteiger charge is 2.35. The van der Waals surface area contributed by atoms with Gasteiger partial charge < -0.3 is 5.11 Å². The first-order valence-corrected chi connectivity index (χ1v) is 5.78. The van der Waals surface area contributed by atoms with Crippen LogP contribution in [0.4, 0.5) is 0 Å². The molecule has 0 radical (unpaired) electrons. The molecule has 0 aromatic rings. The van der Waals surface area contributed by atoms with Crippen LogP contribution in [-0.4, -0.2) is 35.2 Å². The smallest absolute Gasteiger partial charge is 0.0733 e. The summed E-state index contributed by atoms with van der Waals surface area (Å²) in [6.45, 7) is 6.68. The van der Waals surface area contributed by atoms with Gasteiger partial charge in [0.25, 0.3) is 0 Å². The van der Waals surface area contributed by atoms with Crippen LogP contribution < -0.4 is 0 Å². The average Bonchev–Trinajstić information content (AvgIpc) is 2.50. The largest absolute Gasteiger partial charge is 0.391 e. The van der Waals surface area contributed by atoms with Gasteiger partial charge in [-0.1, -0.05) is 25.5 Å². The van der Waals surface area contributed by atoms with Crippen molar-refractivity contribution in [2.75, 3.05) is 13.1 Å². The lowest BCUT2D eigenvalue weighted by Crippen LogP contribution is -2.44. The van der Waals surface area contributed by atoms with E-state index in [-0.39, 0.29) is 6.10 Å². The number of aliphatic hydroxyl groups excluding tert-OH is 1. The molecule has 2 fully saturated rings. The Bertz CT molecular complexity index is 234. The Hall–Kier alpha value is -0.340. The Labute approximate surface area is 86.6 Å². The highest BCUT2D eigenvalue weighted by Crippen LogP contribution is 2.30. The second kappa shape index (κ2) is 4.03. The van der Waals surface area contributed by atoms with E-state index in [0.717, 1.165) is 13.0 Å². The van der Waals surface area contributed by atoms with Crippen LogP contribution in [0.1, 0.15) is 33.1 Å². The number of nitrogens with zero attached hydrogens (tertiary/aromatic N) is 1. The van der Waals surface area contributed by atoms with E-state index in [2.05, 4.69) is 24.8 Å². The van der Waals surface area contributed by atoms with Gasteiger partial charge in [0, 0.05) is 12.6 Å². The van der Waals surface area contributed by atoms with Crippen LogP contribution in [0.25, 0.3) is 0 Å². The third-order valence-electron chi connectivity index (χ3n) is 3.30. The number of hydrogen-bond acceptors (Lipinski definition) is 2. The predicted octanol–water partition coefficient (Wildman–Crippen LogP) is 1.80. The van der Waals surface area contributed by atoms with Crippen molar-refractivity contribution in [3.63, 3.8) is 0 Å². The lowest BCUT2D eigenvalue weighted by molar-refractivity contribution is 0.0559. The molecule has 0 spiro atoms. The van der Waals surface area contributed by atoms with Gasteiger partial charge in [-0.15, -0.1) is 0 Å². The van der Waals surface area contributed by atoms with Crippen LogP contribution in [0.5, 0.6) is 0 Å². The molecule has 0 aromatic heterocycles. The topological polar surface area (TPSA) is 23.5 Å². The van der Waals surface area contributed by atoms with Crippen LogP contribution in [0.2, 0.25) is 0 Å². The Morgan fingerprint density at radius 1 is 1.50 bits per heavy atom. The first-order valence-electron chi connectivity index (χ1n) is 5.78. The summed E-state index contributed by atoms with van der Waals surface area (Å²) in [6, 6.07) is 0.458. The molecular weight excluding hydrogens is 174 g/mol. The Balaban J connectivity index is 2.05. The van der Waals surface area contributed by atoms with Crippen LogP contribution in [0, 0.1) is 5.92 Å². The Morgan fingerprint density at radius 3 is 3.00 bits per heavy atom. The quantitative estimate of drug-likeness (QED) is 0.645. The van der Waals surface area contributed by atoms with Gasteiger partial charge in [-0.05, 0) is 31.7 Å². The maximum absolute atomic E-state index is 9.98. The second-order valence-electron chi connectivity index (χ2n) is 5.02. The molecule has 0 aliphatic carbocycles. The first kappa shape index (κ1) is 10.2. The normalized spacial score (nSPS) is 36.7. The molecule has 80 valence electrons. The van der Waals surface area contributed by atoms with Gasteiger partial charge in [0.05, 0.1) is 6.10 Å². The fourth-order valence-electron chi connectivity index (χ4n) is 2.81. The van der Waals surface area contributed by atoms with E-state index < -0.39 is 0 Å². The van der Waals surface area contributed by atoms with Gasteiger partial charge in [-0.3, -0.25) is 4.90 Å². The van der Waals surface area contributed by atoms with Crippen molar-refractivity contribution in [3.8, 4) is 0 Å². The van der Waals surface area contributed by atoms with Gasteiger partial charge in [0.2, 0.25) is 0 Å². The second-order valence-corrected chi connectivity index (χ2v) is 5.02. The molecule has 2 heteroatoms. The summed E-state index contributed by atoms with van der Waals surface area (Å²) in [5.41, 5.74) is 1.44. The van der Waals surface area contributed by atoms with Crippen molar-refractivity contribution >= 4 is 0 Å². The number of aliphatic hydroxyl groups is 1. The van der Waals surface area contributed by atoms with E-state index in [4.69, 9.17) is 0 Å². The molecule has 2 aliphatic rings. The molecule has 2 nitrogen and oxygen atoms in total. The number of piperidine rings is 1. The highest BCUT2D eigenvalue weighted by atomic mass is 16.3. The van der Waals surface area contributed by atoms with E-state index in [1.165, 1.54) is 25.0 Å². The third-order valence-corrected chi connectivity index (χ3v) is 3.30. The lowest BCUT2D eigenvalue weighted by Gasteiger charge is -2.35. The molecule has 2 rings (SSSR count). The van der Waals surface area contributed by atoms with E-state index in [9.17, 15) is 5.11 Å². The fraction of sp³-hybridized carbons (Fsp3) is 0.833. The van der Waals surface area contributed by atoms with Crippen molar-refractivity contribution < 1.29 is 5.11 Å². The average molecular weight is 195 g/mol. The minimum Gasteiger partial charge on any atom is -0.391 e. The van der Waals surface area contributed by atoms with Gasteiger partial charge in [-0.25, -0.2) is 0 Å². The maximum Gasteiger partial charge on any atom is 0.0733 e. The first-order chi connectivity index (χ1) is 6.66. The third kappa shape index (κ3) is 2.01. The van der Waals surface area contributed by atoms with E-state index in [0.29, 0.717) is 12.0 Å². The lowest BCUT2D eigenvalue weighted by atomic mass is 9.93. The summed E-state index contributed by atoms with van der Waals surface area (Å²) in [5.74, 6) is 0.608. The van der Waals surface area contributed by atoms with E-state index in [1.807, 2.05) is 0 Å². The molecule has 2 heterocycles. The van der Waals surface area contributed by atoms with Crippen molar-refractivity contribution in [1.29, 1.82) is 0 Å². The van der Waals surface area contributed by atoms with E-state index >= 15 is 0 Å². The standard InChI is InChI=1S/C12H21NO/c1-9(2)6-10-7-12(14)11-4-3-5-13(11)8-10/h6,9,11-12,14H,3-5,7-8H2,1-2H3/b10-6-/t11-,12+/m0/s1. The van der Waals surface area contributed by atoms with Crippen LogP contribution in [0.3, 0.4) is 0 Å². The van der Waals surface area contributed by atoms with Gasteiger partial charge >= 0.3 is 0 Å². The van der Waals surface area contributed by atoms with E-state index in [1.54, 1.807) is 0 Å². The van der Waals surface area contributed by atoms with Gasteiger partial charge in [-0.2, -0.15) is 0 Å². The molecule has 2 atom stereocenters. The minimum absolute atomic E-state index is 0.115. The summed E-state index contributed by atoms with van der Waals surface area (Å²) < 4.78 is 0. The molecule has 0 saturated carbocycles. The molecular formula is C12H21NO.